The largest absolute Gasteiger partial charge is 0.399 e. The minimum atomic E-state index is -0.505. The molecular weight excluding hydrogens is 200 g/mol. The molecule has 3 nitrogen and oxygen atoms in total. The molecular formula is C13H20N2O. The Morgan fingerprint density at radius 2 is 2.06 bits per heavy atom. The lowest BCUT2D eigenvalue weighted by molar-refractivity contribution is 0.0615. The third kappa shape index (κ3) is 2.47. The van der Waals surface area contributed by atoms with Gasteiger partial charge in [-0.1, -0.05) is 12.8 Å². The molecule has 1 aromatic rings. The lowest BCUT2D eigenvalue weighted by Gasteiger charge is -2.23. The summed E-state index contributed by atoms with van der Waals surface area (Å²) in [5.41, 5.74) is 8.17. The molecule has 88 valence electrons. The Kier molecular flexibility index (Phi) is 3.06. The van der Waals surface area contributed by atoms with Crippen LogP contribution in [0.4, 0.5) is 11.4 Å². The first-order chi connectivity index (χ1) is 7.59. The quantitative estimate of drug-likeness (QED) is 0.685. The summed E-state index contributed by atoms with van der Waals surface area (Å²) in [4.78, 5) is 0. The molecule has 0 bridgehead atoms. The standard InChI is InChI=1S/C13H20N2O/c1-10-8-11(4-5-12(10)14)15-9-13(16)6-2-3-7-13/h4-5,8,15-16H,2-3,6-7,9,14H2,1H3. The smallest absolute Gasteiger partial charge is 0.0819 e. The van der Waals surface area contributed by atoms with Crippen LogP contribution in [0.15, 0.2) is 18.2 Å². The summed E-state index contributed by atoms with van der Waals surface area (Å²) >= 11 is 0. The maximum absolute atomic E-state index is 10.2. The number of rotatable bonds is 3. The molecule has 1 fully saturated rings. The molecule has 0 aliphatic heterocycles. The third-order valence-corrected chi connectivity index (χ3v) is 3.43. The number of hydrogen-bond acceptors (Lipinski definition) is 3. The second-order valence-electron chi connectivity index (χ2n) is 4.86. The van der Waals surface area contributed by atoms with Crippen LogP contribution in [0, 0.1) is 6.92 Å². The van der Waals surface area contributed by atoms with E-state index in [9.17, 15) is 5.11 Å². The molecule has 0 radical (unpaired) electrons. The van der Waals surface area contributed by atoms with Crippen LogP contribution in [0.5, 0.6) is 0 Å². The molecule has 1 aliphatic rings. The van der Waals surface area contributed by atoms with E-state index in [1.807, 2.05) is 25.1 Å². The van der Waals surface area contributed by atoms with Crippen molar-refractivity contribution in [2.45, 2.75) is 38.2 Å². The van der Waals surface area contributed by atoms with Crippen LogP contribution in [-0.4, -0.2) is 17.3 Å². The van der Waals surface area contributed by atoms with Gasteiger partial charge in [-0.25, -0.2) is 0 Å². The molecule has 0 spiro atoms. The van der Waals surface area contributed by atoms with Gasteiger partial charge in [0.15, 0.2) is 0 Å². The Morgan fingerprint density at radius 1 is 1.38 bits per heavy atom. The normalized spacial score (nSPS) is 18.6. The van der Waals surface area contributed by atoms with Gasteiger partial charge in [-0.3, -0.25) is 0 Å². The number of aryl methyl sites for hydroxylation is 1. The molecule has 0 aromatic heterocycles. The highest BCUT2D eigenvalue weighted by molar-refractivity contribution is 5.56. The summed E-state index contributed by atoms with van der Waals surface area (Å²) in [5.74, 6) is 0. The van der Waals surface area contributed by atoms with E-state index in [0.29, 0.717) is 6.54 Å². The van der Waals surface area contributed by atoms with Gasteiger partial charge in [0.25, 0.3) is 0 Å². The van der Waals surface area contributed by atoms with Crippen LogP contribution in [-0.2, 0) is 0 Å². The number of benzene rings is 1. The minimum Gasteiger partial charge on any atom is -0.399 e. The Labute approximate surface area is 96.7 Å². The number of anilines is 2. The summed E-state index contributed by atoms with van der Waals surface area (Å²) in [6, 6.07) is 5.88. The number of nitrogen functional groups attached to an aromatic ring is 1. The average molecular weight is 220 g/mol. The van der Waals surface area contributed by atoms with E-state index in [1.165, 1.54) is 0 Å². The van der Waals surface area contributed by atoms with Crippen molar-refractivity contribution < 1.29 is 5.11 Å². The van der Waals surface area contributed by atoms with Gasteiger partial charge in [0.2, 0.25) is 0 Å². The van der Waals surface area contributed by atoms with E-state index in [1.54, 1.807) is 0 Å². The van der Waals surface area contributed by atoms with E-state index in [-0.39, 0.29) is 0 Å². The summed E-state index contributed by atoms with van der Waals surface area (Å²) in [5, 5.41) is 13.5. The molecule has 0 amide bonds. The molecule has 2 rings (SSSR count). The third-order valence-electron chi connectivity index (χ3n) is 3.43. The van der Waals surface area contributed by atoms with Gasteiger partial charge in [-0.15, -0.1) is 0 Å². The van der Waals surface area contributed by atoms with Gasteiger partial charge in [0, 0.05) is 17.9 Å². The zero-order valence-corrected chi connectivity index (χ0v) is 9.79. The van der Waals surface area contributed by atoms with Crippen molar-refractivity contribution in [1.29, 1.82) is 0 Å². The van der Waals surface area contributed by atoms with E-state index in [2.05, 4.69) is 5.32 Å². The van der Waals surface area contributed by atoms with E-state index in [0.717, 1.165) is 42.6 Å². The van der Waals surface area contributed by atoms with Gasteiger partial charge in [0.1, 0.15) is 0 Å². The molecule has 1 aliphatic carbocycles. The lowest BCUT2D eigenvalue weighted by atomic mass is 10.0. The van der Waals surface area contributed by atoms with Gasteiger partial charge in [0.05, 0.1) is 5.60 Å². The predicted octanol–water partition coefficient (Wildman–Crippen LogP) is 2.29. The zero-order chi connectivity index (χ0) is 11.6. The fraction of sp³-hybridized carbons (Fsp3) is 0.538. The average Bonchev–Trinajstić information content (AvgIpc) is 2.68. The monoisotopic (exact) mass is 220 g/mol. The topological polar surface area (TPSA) is 58.3 Å². The molecule has 3 heteroatoms. The second-order valence-corrected chi connectivity index (χ2v) is 4.86. The highest BCUT2D eigenvalue weighted by atomic mass is 16.3. The van der Waals surface area contributed by atoms with Crippen LogP contribution >= 0.6 is 0 Å². The van der Waals surface area contributed by atoms with Crippen molar-refractivity contribution in [3.8, 4) is 0 Å². The Morgan fingerprint density at radius 3 is 2.69 bits per heavy atom. The molecule has 1 saturated carbocycles. The second kappa shape index (κ2) is 4.34. The van der Waals surface area contributed by atoms with E-state index >= 15 is 0 Å². The van der Waals surface area contributed by atoms with Crippen LogP contribution in [0.25, 0.3) is 0 Å². The first kappa shape index (κ1) is 11.3. The van der Waals surface area contributed by atoms with Gasteiger partial charge in [-0.2, -0.15) is 0 Å². The number of aliphatic hydroxyl groups is 1. The molecule has 16 heavy (non-hydrogen) atoms. The SMILES string of the molecule is Cc1cc(NCC2(O)CCCC2)ccc1N. The number of hydrogen-bond donors (Lipinski definition) is 3. The highest BCUT2D eigenvalue weighted by Crippen LogP contribution is 2.29. The molecule has 0 heterocycles. The Bertz CT molecular complexity index is 370. The molecule has 4 N–H and O–H groups in total. The summed E-state index contributed by atoms with van der Waals surface area (Å²) in [6.07, 6.45) is 4.10. The molecule has 0 atom stereocenters. The summed E-state index contributed by atoms with van der Waals surface area (Å²) < 4.78 is 0. The molecule has 1 aromatic carbocycles. The van der Waals surface area contributed by atoms with Crippen LogP contribution in [0.2, 0.25) is 0 Å². The maximum Gasteiger partial charge on any atom is 0.0819 e. The van der Waals surface area contributed by atoms with E-state index < -0.39 is 5.60 Å². The highest BCUT2D eigenvalue weighted by Gasteiger charge is 2.30. The van der Waals surface area contributed by atoms with Gasteiger partial charge < -0.3 is 16.2 Å². The van der Waals surface area contributed by atoms with Crippen molar-refractivity contribution in [1.82, 2.24) is 0 Å². The first-order valence-electron chi connectivity index (χ1n) is 5.91. The fourth-order valence-electron chi connectivity index (χ4n) is 2.26. The van der Waals surface area contributed by atoms with Crippen LogP contribution in [0.1, 0.15) is 31.2 Å². The summed E-state index contributed by atoms with van der Waals surface area (Å²) in [6.45, 7) is 2.63. The fourth-order valence-corrected chi connectivity index (χ4v) is 2.26. The zero-order valence-electron chi connectivity index (χ0n) is 9.79. The van der Waals surface area contributed by atoms with Gasteiger partial charge in [-0.05, 0) is 43.5 Å². The lowest BCUT2D eigenvalue weighted by Crippen LogP contribution is -2.33. The maximum atomic E-state index is 10.2. The predicted molar refractivity (Wildman–Crippen MR) is 67.5 cm³/mol. The van der Waals surface area contributed by atoms with Crippen molar-refractivity contribution in [2.75, 3.05) is 17.6 Å². The number of nitrogens with one attached hydrogen (secondary N) is 1. The van der Waals surface area contributed by atoms with Crippen molar-refractivity contribution in [3.05, 3.63) is 23.8 Å². The van der Waals surface area contributed by atoms with Crippen molar-refractivity contribution >= 4 is 11.4 Å². The number of nitrogens with two attached hydrogens (primary N) is 1. The van der Waals surface area contributed by atoms with Gasteiger partial charge >= 0.3 is 0 Å². The molecule has 0 unspecified atom stereocenters. The first-order valence-corrected chi connectivity index (χ1v) is 5.91. The minimum absolute atomic E-state index is 0.505. The summed E-state index contributed by atoms with van der Waals surface area (Å²) in [7, 11) is 0. The van der Waals surface area contributed by atoms with Crippen molar-refractivity contribution in [2.24, 2.45) is 0 Å². The van der Waals surface area contributed by atoms with Crippen LogP contribution < -0.4 is 11.1 Å². The van der Waals surface area contributed by atoms with Crippen LogP contribution in [0.3, 0.4) is 0 Å². The Hall–Kier alpha value is -1.22. The van der Waals surface area contributed by atoms with E-state index in [4.69, 9.17) is 5.73 Å². The van der Waals surface area contributed by atoms with Crippen molar-refractivity contribution in [3.63, 3.8) is 0 Å². The molecule has 0 saturated heterocycles. The Balaban J connectivity index is 1.96.